The number of ether oxygens (including phenoxy) is 1. The number of hydrogen-bond donors (Lipinski definition) is 2. The third-order valence-corrected chi connectivity index (χ3v) is 5.64. The predicted octanol–water partition coefficient (Wildman–Crippen LogP) is 4.79. The molecule has 2 N–H and O–H groups in total. The average molecular weight is 480 g/mol. The predicted molar refractivity (Wildman–Crippen MR) is 120 cm³/mol. The van der Waals surface area contributed by atoms with Crippen molar-refractivity contribution in [1.29, 1.82) is 0 Å². The van der Waals surface area contributed by atoms with Crippen LogP contribution in [0.4, 0.5) is 5.69 Å². The number of anilines is 1. The van der Waals surface area contributed by atoms with Crippen molar-refractivity contribution in [2.24, 2.45) is 0 Å². The highest BCUT2D eigenvalue weighted by atomic mass is 79.9. The van der Waals surface area contributed by atoms with Gasteiger partial charge < -0.3 is 14.9 Å². The fraction of sp³-hybridized carbons (Fsp3) is 0.0833. The number of benzene rings is 3. The third kappa shape index (κ3) is 3.68. The molecule has 1 heterocycles. The number of carbonyl (C=O) groups excluding carboxylic acids is 2. The van der Waals surface area contributed by atoms with Gasteiger partial charge in [0.1, 0.15) is 5.76 Å². The van der Waals surface area contributed by atoms with Gasteiger partial charge in [0.15, 0.2) is 11.5 Å². The molecule has 4 rings (SSSR count). The van der Waals surface area contributed by atoms with Gasteiger partial charge >= 0.3 is 0 Å². The van der Waals surface area contributed by atoms with E-state index in [-0.39, 0.29) is 22.8 Å². The second-order valence-corrected chi connectivity index (χ2v) is 7.86. The number of phenolic OH excluding ortho intramolecular Hbond substituents is 1. The van der Waals surface area contributed by atoms with Crippen molar-refractivity contribution in [2.75, 3.05) is 12.0 Å². The highest BCUT2D eigenvalue weighted by Gasteiger charge is 2.47. The Hall–Kier alpha value is -3.58. The monoisotopic (exact) mass is 479 g/mol. The number of aliphatic hydroxyl groups excluding tert-OH is 1. The number of ketones is 1. The van der Waals surface area contributed by atoms with Crippen molar-refractivity contribution < 1.29 is 24.5 Å². The zero-order chi connectivity index (χ0) is 22.1. The first-order valence-electron chi connectivity index (χ1n) is 9.41. The van der Waals surface area contributed by atoms with Gasteiger partial charge in [-0.3, -0.25) is 14.5 Å². The molecule has 0 radical (unpaired) electrons. The van der Waals surface area contributed by atoms with E-state index in [0.717, 1.165) is 4.47 Å². The zero-order valence-corrected chi connectivity index (χ0v) is 18.0. The number of carbonyl (C=O) groups is 2. The van der Waals surface area contributed by atoms with Gasteiger partial charge in [-0.05, 0) is 42.0 Å². The van der Waals surface area contributed by atoms with E-state index >= 15 is 0 Å². The zero-order valence-electron chi connectivity index (χ0n) is 16.4. The molecule has 0 aromatic heterocycles. The Morgan fingerprint density at radius 2 is 1.68 bits per heavy atom. The Morgan fingerprint density at radius 1 is 1.00 bits per heavy atom. The first-order valence-corrected chi connectivity index (χ1v) is 10.2. The largest absolute Gasteiger partial charge is 0.507 e. The molecule has 0 bridgehead atoms. The standard InChI is InChI=1S/C24H18BrNO5/c1-31-19-13-15(9-12-18(19)27)21-20(22(28)14-7-10-16(25)11-8-14)23(29)24(30)26(21)17-5-3-2-4-6-17/h2-13,21,27-28H,1H3. The number of aromatic hydroxyl groups is 1. The molecule has 1 aliphatic rings. The third-order valence-electron chi connectivity index (χ3n) is 5.12. The molecule has 0 saturated carbocycles. The van der Waals surface area contributed by atoms with E-state index < -0.39 is 17.7 Å². The summed E-state index contributed by atoms with van der Waals surface area (Å²) in [4.78, 5) is 27.5. The summed E-state index contributed by atoms with van der Waals surface area (Å²) in [5.41, 5.74) is 1.39. The summed E-state index contributed by atoms with van der Waals surface area (Å²) < 4.78 is 6.02. The van der Waals surface area contributed by atoms with Crippen LogP contribution in [0.3, 0.4) is 0 Å². The lowest BCUT2D eigenvalue weighted by atomic mass is 9.95. The number of aliphatic hydroxyl groups is 1. The van der Waals surface area contributed by atoms with Crippen LogP contribution in [0.15, 0.2) is 82.8 Å². The summed E-state index contributed by atoms with van der Waals surface area (Å²) in [7, 11) is 1.41. The molecule has 1 saturated heterocycles. The molecular weight excluding hydrogens is 462 g/mol. The van der Waals surface area contributed by atoms with Gasteiger partial charge in [0.05, 0.1) is 18.7 Å². The lowest BCUT2D eigenvalue weighted by Crippen LogP contribution is -2.29. The molecule has 0 aliphatic carbocycles. The molecular formula is C24H18BrNO5. The molecule has 1 atom stereocenters. The van der Waals surface area contributed by atoms with E-state index in [1.54, 1.807) is 66.7 Å². The number of Topliss-reactive ketones (excluding diaryl/α,β-unsaturated/α-hetero) is 1. The Balaban J connectivity index is 1.96. The molecule has 1 amide bonds. The molecule has 1 aliphatic heterocycles. The van der Waals surface area contributed by atoms with E-state index in [2.05, 4.69) is 15.9 Å². The molecule has 3 aromatic rings. The fourth-order valence-electron chi connectivity index (χ4n) is 3.63. The topological polar surface area (TPSA) is 87.1 Å². The molecule has 7 heteroatoms. The quantitative estimate of drug-likeness (QED) is 0.319. The van der Waals surface area contributed by atoms with Crippen LogP contribution in [0.1, 0.15) is 17.2 Å². The van der Waals surface area contributed by atoms with Gasteiger partial charge in [0.2, 0.25) is 0 Å². The number of halogens is 1. The molecule has 1 fully saturated rings. The van der Waals surface area contributed by atoms with Crippen molar-refractivity contribution >= 4 is 39.1 Å². The maximum absolute atomic E-state index is 13.1. The summed E-state index contributed by atoms with van der Waals surface area (Å²) in [5, 5.41) is 21.1. The van der Waals surface area contributed by atoms with Gasteiger partial charge in [-0.1, -0.05) is 52.3 Å². The van der Waals surface area contributed by atoms with Gasteiger partial charge in [-0.15, -0.1) is 0 Å². The van der Waals surface area contributed by atoms with Crippen LogP contribution in [0.25, 0.3) is 5.76 Å². The van der Waals surface area contributed by atoms with E-state index in [1.807, 2.05) is 0 Å². The molecule has 0 spiro atoms. The minimum absolute atomic E-state index is 0.0380. The summed E-state index contributed by atoms with van der Waals surface area (Å²) in [6.45, 7) is 0. The first-order chi connectivity index (χ1) is 14.9. The lowest BCUT2D eigenvalue weighted by Gasteiger charge is -2.25. The van der Waals surface area contributed by atoms with Gasteiger partial charge in [-0.2, -0.15) is 0 Å². The van der Waals surface area contributed by atoms with Gasteiger partial charge in [0.25, 0.3) is 11.7 Å². The number of rotatable bonds is 4. The number of hydrogen-bond acceptors (Lipinski definition) is 5. The normalized spacial score (nSPS) is 17.7. The summed E-state index contributed by atoms with van der Waals surface area (Å²) in [6.07, 6.45) is 0. The van der Waals surface area contributed by atoms with Crippen molar-refractivity contribution in [2.45, 2.75) is 6.04 Å². The maximum atomic E-state index is 13.1. The average Bonchev–Trinajstić information content (AvgIpc) is 3.05. The van der Waals surface area contributed by atoms with Crippen LogP contribution in [-0.2, 0) is 9.59 Å². The minimum Gasteiger partial charge on any atom is -0.507 e. The Labute approximate surface area is 187 Å². The second kappa shape index (κ2) is 8.28. The molecule has 6 nitrogen and oxygen atoms in total. The van der Waals surface area contributed by atoms with Crippen molar-refractivity contribution in [3.8, 4) is 11.5 Å². The number of nitrogens with zero attached hydrogens (tertiary/aromatic N) is 1. The SMILES string of the molecule is COc1cc(C2C(=C(O)c3ccc(Br)cc3)C(=O)C(=O)N2c2ccccc2)ccc1O. The van der Waals surface area contributed by atoms with Crippen LogP contribution >= 0.6 is 15.9 Å². The Morgan fingerprint density at radius 3 is 2.32 bits per heavy atom. The second-order valence-electron chi connectivity index (χ2n) is 6.94. The van der Waals surface area contributed by atoms with Crippen LogP contribution in [-0.4, -0.2) is 29.0 Å². The van der Waals surface area contributed by atoms with Gasteiger partial charge in [-0.25, -0.2) is 0 Å². The molecule has 3 aromatic carbocycles. The highest BCUT2D eigenvalue weighted by Crippen LogP contribution is 2.43. The first kappa shape index (κ1) is 20.7. The smallest absolute Gasteiger partial charge is 0.300 e. The van der Waals surface area contributed by atoms with Crippen molar-refractivity contribution in [1.82, 2.24) is 0 Å². The number of para-hydroxylation sites is 1. The highest BCUT2D eigenvalue weighted by molar-refractivity contribution is 9.10. The van der Waals surface area contributed by atoms with Crippen LogP contribution in [0.2, 0.25) is 0 Å². The van der Waals surface area contributed by atoms with E-state index in [1.165, 1.54) is 18.1 Å². The van der Waals surface area contributed by atoms with Crippen LogP contribution in [0, 0.1) is 0 Å². The van der Waals surface area contributed by atoms with Crippen molar-refractivity contribution in [3.63, 3.8) is 0 Å². The summed E-state index contributed by atoms with van der Waals surface area (Å²) >= 11 is 3.35. The van der Waals surface area contributed by atoms with Crippen LogP contribution < -0.4 is 9.64 Å². The van der Waals surface area contributed by atoms with Crippen LogP contribution in [0.5, 0.6) is 11.5 Å². The van der Waals surface area contributed by atoms with Gasteiger partial charge in [0, 0.05) is 15.7 Å². The number of phenols is 1. The lowest BCUT2D eigenvalue weighted by molar-refractivity contribution is -0.132. The fourth-order valence-corrected chi connectivity index (χ4v) is 3.89. The van der Waals surface area contributed by atoms with Crippen molar-refractivity contribution in [3.05, 3.63) is 94.0 Å². The number of methoxy groups -OCH3 is 1. The molecule has 1 unspecified atom stereocenters. The summed E-state index contributed by atoms with van der Waals surface area (Å²) in [5.74, 6) is -1.69. The van der Waals surface area contributed by atoms with E-state index in [0.29, 0.717) is 16.8 Å². The number of amides is 1. The minimum atomic E-state index is -0.902. The maximum Gasteiger partial charge on any atom is 0.300 e. The Kier molecular flexibility index (Phi) is 5.52. The molecule has 156 valence electrons. The Bertz CT molecular complexity index is 1190. The van der Waals surface area contributed by atoms with E-state index in [9.17, 15) is 19.8 Å². The molecule has 31 heavy (non-hydrogen) atoms. The summed E-state index contributed by atoms with van der Waals surface area (Å²) in [6, 6.07) is 19.2. The van der Waals surface area contributed by atoms with E-state index in [4.69, 9.17) is 4.74 Å².